The van der Waals surface area contributed by atoms with E-state index in [0.717, 1.165) is 112 Å². The number of piperazine rings is 1. The van der Waals surface area contributed by atoms with Crippen molar-refractivity contribution in [2.75, 3.05) is 67.9 Å². The summed E-state index contributed by atoms with van der Waals surface area (Å²) in [5.74, 6) is -2.47. The van der Waals surface area contributed by atoms with Crippen molar-refractivity contribution in [1.82, 2.24) is 35.1 Å². The van der Waals surface area contributed by atoms with Crippen molar-refractivity contribution in [3.05, 3.63) is 146 Å². The van der Waals surface area contributed by atoms with Gasteiger partial charge in [0.1, 0.15) is 28.9 Å². The van der Waals surface area contributed by atoms with Gasteiger partial charge in [-0.25, -0.2) is 18.1 Å². The lowest BCUT2D eigenvalue weighted by atomic mass is 9.72. The van der Waals surface area contributed by atoms with E-state index in [1.807, 2.05) is 18.2 Å². The first kappa shape index (κ1) is 60.5. The van der Waals surface area contributed by atoms with Crippen LogP contribution in [0, 0.1) is 21.4 Å². The second kappa shape index (κ2) is 26.0. The maximum Gasteiger partial charge on any atom is 0.293 e. The van der Waals surface area contributed by atoms with Crippen molar-refractivity contribution in [3.63, 3.8) is 0 Å². The molecule has 5 heterocycles. The number of fused-ring (bicyclic) bond motifs is 2. The fraction of sp³-hybridized carbons (Fsp3) is 0.406. The van der Waals surface area contributed by atoms with Gasteiger partial charge in [-0.3, -0.25) is 49.2 Å². The number of nitro groups is 1. The summed E-state index contributed by atoms with van der Waals surface area (Å²) in [6, 6.07) is 24.7. The molecule has 1 atom stereocenters. The summed E-state index contributed by atoms with van der Waals surface area (Å²) in [6.07, 6.45) is 12.8. The number of nitrogens with one attached hydrogen (secondary N) is 6. The standard InChI is InChI=1S/C64H72ClN11O10S/c1-64(2)25-23-43(51(36-64)41-11-13-44(65)14-12-41)39-73-29-31-74(32-30-73)46-17-19-49(56(34-46)86-47-33-42-24-28-68-59(42)70-38-47)60(78)72-87(84,85)48-18-20-52(55(35-48)76(82)83)69-37-40-9-15-45(16-10-40)66-26-4-3-5-27-67-53-8-6-7-50-58(53)63(81)75(62(50)80)54-21-22-57(77)71-61(54)79/h6-8,11-14,17-20,24,28,33-35,38,40,45,54,66-67,69H,3-5,9-10,15-16,21-23,25-27,29-32,36-37,39H2,1-2H3,(H,68,70)(H,72,78)(H,71,77,79)/t40-,45-,54?. The maximum atomic E-state index is 14.2. The largest absolute Gasteiger partial charge is 0.455 e. The van der Waals surface area contributed by atoms with E-state index in [0.29, 0.717) is 54.3 Å². The van der Waals surface area contributed by atoms with Crippen LogP contribution in [0.25, 0.3) is 16.6 Å². The van der Waals surface area contributed by atoms with Crippen molar-refractivity contribution < 1.29 is 42.1 Å². The van der Waals surface area contributed by atoms with Crippen LogP contribution in [0.15, 0.2) is 114 Å². The SMILES string of the molecule is CC1(C)CCC(CN2CCN(c3ccc(C(=O)NS(=O)(=O)c4ccc(NC[C@H]5CC[C@H](NCCCCCNc6cccc7c6C(=O)N(C6CCC(=O)NC6=O)C7=O)CC5)c([N+](=O)[O-])c4)c(Oc4cnc5[nH]ccc5c4)c3)CC2)=C(c2ccc(Cl)cc2)C1. The molecule has 6 aromatic rings. The highest BCUT2D eigenvalue weighted by Crippen LogP contribution is 2.44. The minimum absolute atomic E-state index is 0.0522. The van der Waals surface area contributed by atoms with Gasteiger partial charge in [-0.1, -0.05) is 55.6 Å². The molecule has 4 aromatic carbocycles. The molecule has 1 unspecified atom stereocenters. The Morgan fingerprint density at radius 1 is 0.851 bits per heavy atom. The smallest absolute Gasteiger partial charge is 0.293 e. The van der Waals surface area contributed by atoms with E-state index in [-0.39, 0.29) is 52.3 Å². The number of nitro benzene ring substituents is 1. The molecular formula is C64H72ClN11O10S. The first-order chi connectivity index (χ1) is 41.9. The number of halogens is 1. The Bertz CT molecular complexity index is 3780. The second-order valence-electron chi connectivity index (χ2n) is 24.1. The molecule has 5 aliphatic rings. The number of piperidine rings is 1. The molecule has 0 bridgehead atoms. The number of carbonyl (C=O) groups excluding carboxylic acids is 5. The van der Waals surface area contributed by atoms with Crippen LogP contribution < -0.4 is 35.6 Å². The Kier molecular flexibility index (Phi) is 18.1. The molecular weight excluding hydrogens is 1150 g/mol. The summed E-state index contributed by atoms with van der Waals surface area (Å²) in [4.78, 5) is 89.5. The van der Waals surface area contributed by atoms with Crippen LogP contribution in [-0.2, 0) is 19.6 Å². The van der Waals surface area contributed by atoms with Crippen molar-refractivity contribution in [1.29, 1.82) is 0 Å². The summed E-state index contributed by atoms with van der Waals surface area (Å²) >= 11 is 6.27. The predicted octanol–water partition coefficient (Wildman–Crippen LogP) is 10.1. The topological polar surface area (TPSA) is 270 Å². The fourth-order valence-electron chi connectivity index (χ4n) is 12.6. The Morgan fingerprint density at radius 3 is 2.40 bits per heavy atom. The molecule has 11 rings (SSSR count). The number of ether oxygens (including phenoxy) is 1. The molecule has 23 heteroatoms. The molecule has 2 saturated heterocycles. The number of H-pyrrole nitrogens is 1. The minimum atomic E-state index is -4.63. The lowest BCUT2D eigenvalue weighted by molar-refractivity contribution is -0.384. The molecule has 87 heavy (non-hydrogen) atoms. The number of carbonyl (C=O) groups is 5. The number of anilines is 3. The number of hydrogen-bond donors (Lipinski definition) is 6. The van der Waals surface area contributed by atoms with Crippen molar-refractivity contribution in [2.24, 2.45) is 11.3 Å². The molecule has 1 saturated carbocycles. The van der Waals surface area contributed by atoms with E-state index in [1.165, 1.54) is 41.1 Å². The van der Waals surface area contributed by atoms with Crippen molar-refractivity contribution in [2.45, 2.75) is 108 Å². The highest BCUT2D eigenvalue weighted by Gasteiger charge is 2.46. The number of aromatic nitrogens is 2. The summed E-state index contributed by atoms with van der Waals surface area (Å²) in [5, 5.41) is 26.3. The Balaban J connectivity index is 0.659. The van der Waals surface area contributed by atoms with E-state index < -0.39 is 61.1 Å². The zero-order chi connectivity index (χ0) is 61.0. The van der Waals surface area contributed by atoms with Crippen LogP contribution >= 0.6 is 11.6 Å². The number of imide groups is 2. The van der Waals surface area contributed by atoms with Gasteiger partial charge in [-0.05, 0) is 154 Å². The van der Waals surface area contributed by atoms with Crippen LogP contribution in [-0.4, -0.2) is 127 Å². The Labute approximate surface area is 510 Å². The molecule has 0 radical (unpaired) electrons. The normalized spacial score (nSPS) is 19.9. The van der Waals surface area contributed by atoms with Gasteiger partial charge in [0.05, 0.1) is 32.7 Å². The highest BCUT2D eigenvalue weighted by atomic mass is 35.5. The molecule has 0 spiro atoms. The number of aromatic amines is 1. The van der Waals surface area contributed by atoms with Crippen LogP contribution in [0.1, 0.15) is 128 Å². The van der Waals surface area contributed by atoms with Gasteiger partial charge in [0.25, 0.3) is 33.4 Å². The number of amides is 5. The van der Waals surface area contributed by atoms with Crippen LogP contribution in [0.2, 0.25) is 5.02 Å². The zero-order valence-electron chi connectivity index (χ0n) is 48.8. The minimum Gasteiger partial charge on any atom is -0.455 e. The Morgan fingerprint density at radius 2 is 1.63 bits per heavy atom. The first-order valence-corrected chi connectivity index (χ1v) is 31.8. The lowest BCUT2D eigenvalue weighted by Gasteiger charge is -2.39. The predicted molar refractivity (Wildman–Crippen MR) is 333 cm³/mol. The number of rotatable bonds is 22. The molecule has 3 aliphatic heterocycles. The molecule has 3 fully saturated rings. The zero-order valence-corrected chi connectivity index (χ0v) is 50.4. The summed E-state index contributed by atoms with van der Waals surface area (Å²) in [5.41, 5.74) is 6.38. The summed E-state index contributed by atoms with van der Waals surface area (Å²) in [7, 11) is -4.63. The number of benzene rings is 4. The van der Waals surface area contributed by atoms with Gasteiger partial charge in [0, 0.05) is 98.4 Å². The molecule has 2 aromatic heterocycles. The van der Waals surface area contributed by atoms with Gasteiger partial charge in [-0.15, -0.1) is 0 Å². The number of sulfonamides is 1. The average molecular weight is 1220 g/mol. The number of allylic oxidation sites excluding steroid dienone is 1. The van der Waals surface area contributed by atoms with Crippen LogP contribution in [0.4, 0.5) is 22.7 Å². The third kappa shape index (κ3) is 14.0. The Hall–Kier alpha value is -8.18. The average Bonchev–Trinajstić information content (AvgIpc) is 1.82. The van der Waals surface area contributed by atoms with Gasteiger partial charge in [0.2, 0.25) is 11.8 Å². The fourth-order valence-corrected chi connectivity index (χ4v) is 13.8. The molecule has 5 amide bonds. The third-order valence-electron chi connectivity index (χ3n) is 17.5. The van der Waals surface area contributed by atoms with Crippen LogP contribution in [0.5, 0.6) is 11.5 Å². The van der Waals surface area contributed by atoms with Crippen molar-refractivity contribution >= 4 is 90.5 Å². The quantitative estimate of drug-likeness (QED) is 0.0160. The van der Waals surface area contributed by atoms with E-state index in [4.69, 9.17) is 16.3 Å². The van der Waals surface area contributed by atoms with Gasteiger partial charge in [-0.2, -0.15) is 0 Å². The molecule has 6 N–H and O–H groups in total. The third-order valence-corrected chi connectivity index (χ3v) is 19.1. The number of pyridine rings is 1. The second-order valence-corrected chi connectivity index (χ2v) is 26.3. The lowest BCUT2D eigenvalue weighted by Crippen LogP contribution is -2.54. The van der Waals surface area contributed by atoms with Gasteiger partial charge < -0.3 is 30.6 Å². The van der Waals surface area contributed by atoms with Crippen LogP contribution in [0.3, 0.4) is 0 Å². The molecule has 2 aliphatic carbocycles. The van der Waals surface area contributed by atoms with E-state index in [2.05, 4.69) is 71.7 Å². The van der Waals surface area contributed by atoms with Gasteiger partial charge in [0.15, 0.2) is 0 Å². The number of nitrogens with zero attached hydrogens (tertiary/aromatic N) is 5. The first-order valence-electron chi connectivity index (χ1n) is 30.0. The van der Waals surface area contributed by atoms with Crippen molar-refractivity contribution in [3.8, 4) is 11.5 Å². The monoisotopic (exact) mass is 1220 g/mol. The van der Waals surface area contributed by atoms with E-state index in [1.54, 1.807) is 42.6 Å². The molecule has 456 valence electrons. The van der Waals surface area contributed by atoms with E-state index in [9.17, 15) is 42.5 Å². The summed E-state index contributed by atoms with van der Waals surface area (Å²) in [6.45, 7) is 10.4. The highest BCUT2D eigenvalue weighted by molar-refractivity contribution is 7.90. The van der Waals surface area contributed by atoms with E-state index >= 15 is 0 Å². The number of unbranched alkanes of at least 4 members (excludes halogenated alkanes) is 2. The number of hydrogen-bond acceptors (Lipinski definition) is 16. The molecule has 21 nitrogen and oxygen atoms in total. The van der Waals surface area contributed by atoms with Gasteiger partial charge >= 0.3 is 0 Å². The maximum absolute atomic E-state index is 14.2. The summed E-state index contributed by atoms with van der Waals surface area (Å²) < 4.78 is 36.5.